The van der Waals surface area contributed by atoms with E-state index in [4.69, 9.17) is 0 Å². The first kappa shape index (κ1) is 11.6. The molecule has 0 saturated carbocycles. The van der Waals surface area contributed by atoms with E-state index in [1.54, 1.807) is 27.3 Å². The lowest BCUT2D eigenvalue weighted by atomic mass is 10.1. The molecule has 0 aliphatic carbocycles. The van der Waals surface area contributed by atoms with Crippen LogP contribution in [-0.4, -0.2) is 45.7 Å². The van der Waals surface area contributed by atoms with Crippen LogP contribution in [0.15, 0.2) is 6.20 Å². The molecule has 0 radical (unpaired) electrons. The highest BCUT2D eigenvalue weighted by Crippen LogP contribution is 2.25. The summed E-state index contributed by atoms with van der Waals surface area (Å²) in [6, 6.07) is -0.215. The standard InChI is InChI=1S/C12H15N3O2S/c1-8-5-13-10(18-8)6-14-7-11(16)15-4-2-3-9(15)12(14)17/h5,9H,2-4,6-7H2,1H3. The van der Waals surface area contributed by atoms with Crippen LogP contribution in [0.2, 0.25) is 0 Å². The lowest BCUT2D eigenvalue weighted by Crippen LogP contribution is -2.56. The minimum Gasteiger partial charge on any atom is -0.329 e. The molecular formula is C12H15N3O2S. The maximum absolute atomic E-state index is 12.3. The Morgan fingerprint density at radius 2 is 2.33 bits per heavy atom. The molecule has 2 aliphatic heterocycles. The summed E-state index contributed by atoms with van der Waals surface area (Å²) in [5.74, 6) is 0.158. The van der Waals surface area contributed by atoms with E-state index >= 15 is 0 Å². The summed E-state index contributed by atoms with van der Waals surface area (Å²) >= 11 is 1.58. The monoisotopic (exact) mass is 265 g/mol. The topological polar surface area (TPSA) is 53.5 Å². The lowest BCUT2D eigenvalue weighted by Gasteiger charge is -2.35. The van der Waals surface area contributed by atoms with E-state index in [-0.39, 0.29) is 24.4 Å². The molecule has 1 unspecified atom stereocenters. The molecule has 2 amide bonds. The Labute approximate surface area is 109 Å². The highest BCUT2D eigenvalue weighted by Gasteiger charge is 2.41. The number of carbonyl (C=O) groups is 2. The van der Waals surface area contributed by atoms with Gasteiger partial charge in [0.2, 0.25) is 11.8 Å². The zero-order chi connectivity index (χ0) is 12.7. The van der Waals surface area contributed by atoms with Crippen molar-refractivity contribution in [3.05, 3.63) is 16.1 Å². The van der Waals surface area contributed by atoms with Crippen molar-refractivity contribution in [3.63, 3.8) is 0 Å². The van der Waals surface area contributed by atoms with Crippen molar-refractivity contribution >= 4 is 23.2 Å². The molecule has 0 spiro atoms. The highest BCUT2D eigenvalue weighted by molar-refractivity contribution is 7.11. The largest absolute Gasteiger partial charge is 0.329 e. The van der Waals surface area contributed by atoms with Crippen molar-refractivity contribution in [1.29, 1.82) is 0 Å². The number of nitrogens with zero attached hydrogens (tertiary/aromatic N) is 3. The Bertz CT molecular complexity index is 499. The third-order valence-electron chi connectivity index (χ3n) is 3.49. The number of fused-ring (bicyclic) bond motifs is 1. The summed E-state index contributed by atoms with van der Waals surface area (Å²) < 4.78 is 0. The van der Waals surface area contributed by atoms with E-state index in [1.807, 2.05) is 6.92 Å². The maximum Gasteiger partial charge on any atom is 0.246 e. The molecule has 3 rings (SSSR count). The molecule has 6 heteroatoms. The number of aryl methyl sites for hydroxylation is 1. The third-order valence-corrected chi connectivity index (χ3v) is 4.39. The molecule has 0 bridgehead atoms. The summed E-state index contributed by atoms with van der Waals surface area (Å²) in [5, 5.41) is 0.903. The van der Waals surface area contributed by atoms with Crippen LogP contribution in [-0.2, 0) is 16.1 Å². The average Bonchev–Trinajstić information content (AvgIpc) is 2.95. The van der Waals surface area contributed by atoms with Gasteiger partial charge in [-0.2, -0.15) is 0 Å². The first-order valence-electron chi connectivity index (χ1n) is 6.15. The average molecular weight is 265 g/mol. The molecule has 2 aliphatic rings. The molecule has 1 aromatic rings. The second kappa shape index (κ2) is 4.35. The van der Waals surface area contributed by atoms with Gasteiger partial charge in [0.25, 0.3) is 0 Å². The molecular weight excluding hydrogens is 250 g/mol. The zero-order valence-corrected chi connectivity index (χ0v) is 11.1. The van der Waals surface area contributed by atoms with Crippen LogP contribution >= 0.6 is 11.3 Å². The van der Waals surface area contributed by atoms with Crippen LogP contribution < -0.4 is 0 Å². The Kier molecular flexibility index (Phi) is 2.81. The summed E-state index contributed by atoms with van der Waals surface area (Å²) in [5.41, 5.74) is 0. The van der Waals surface area contributed by atoms with Crippen LogP contribution in [0.3, 0.4) is 0 Å². The van der Waals surface area contributed by atoms with E-state index in [9.17, 15) is 9.59 Å². The minimum absolute atomic E-state index is 0.0744. The minimum atomic E-state index is -0.215. The van der Waals surface area contributed by atoms with E-state index in [2.05, 4.69) is 4.98 Å². The normalized spacial score (nSPS) is 23.7. The Morgan fingerprint density at radius 3 is 3.06 bits per heavy atom. The van der Waals surface area contributed by atoms with Crippen LogP contribution in [0.25, 0.3) is 0 Å². The van der Waals surface area contributed by atoms with Gasteiger partial charge in [-0.05, 0) is 19.8 Å². The van der Waals surface area contributed by atoms with Gasteiger partial charge < -0.3 is 9.80 Å². The van der Waals surface area contributed by atoms with E-state index in [1.165, 1.54) is 0 Å². The summed E-state index contributed by atoms with van der Waals surface area (Å²) in [6.45, 7) is 3.39. The predicted molar refractivity (Wildman–Crippen MR) is 67.0 cm³/mol. The molecule has 1 atom stereocenters. The smallest absolute Gasteiger partial charge is 0.246 e. The molecule has 0 N–H and O–H groups in total. The first-order valence-corrected chi connectivity index (χ1v) is 6.96. The zero-order valence-electron chi connectivity index (χ0n) is 10.3. The van der Waals surface area contributed by atoms with Crippen LogP contribution in [0.1, 0.15) is 22.7 Å². The van der Waals surface area contributed by atoms with Crippen molar-refractivity contribution in [3.8, 4) is 0 Å². The van der Waals surface area contributed by atoms with Crippen LogP contribution in [0.5, 0.6) is 0 Å². The fourth-order valence-corrected chi connectivity index (χ4v) is 3.44. The van der Waals surface area contributed by atoms with Gasteiger partial charge >= 0.3 is 0 Å². The van der Waals surface area contributed by atoms with Gasteiger partial charge in [0.15, 0.2) is 0 Å². The molecule has 3 heterocycles. The first-order chi connectivity index (χ1) is 8.65. The number of carbonyl (C=O) groups excluding carboxylic acids is 2. The molecule has 2 saturated heterocycles. The fourth-order valence-electron chi connectivity index (χ4n) is 2.64. The van der Waals surface area contributed by atoms with E-state index < -0.39 is 0 Å². The van der Waals surface area contributed by atoms with Crippen molar-refractivity contribution in [2.75, 3.05) is 13.1 Å². The van der Waals surface area contributed by atoms with Gasteiger partial charge in [0, 0.05) is 17.6 Å². The fraction of sp³-hybridized carbons (Fsp3) is 0.583. The van der Waals surface area contributed by atoms with Gasteiger partial charge in [0.05, 0.1) is 6.54 Å². The Morgan fingerprint density at radius 1 is 1.50 bits per heavy atom. The molecule has 1 aromatic heterocycles. The number of piperazine rings is 1. The second-order valence-corrected chi connectivity index (χ2v) is 6.12. The van der Waals surface area contributed by atoms with Crippen LogP contribution in [0, 0.1) is 6.92 Å². The summed E-state index contributed by atoms with van der Waals surface area (Å²) in [7, 11) is 0. The Balaban J connectivity index is 1.76. The maximum atomic E-state index is 12.3. The molecule has 5 nitrogen and oxygen atoms in total. The molecule has 2 fully saturated rings. The van der Waals surface area contributed by atoms with Gasteiger partial charge in [-0.25, -0.2) is 4.98 Å². The third kappa shape index (κ3) is 1.90. The highest BCUT2D eigenvalue weighted by atomic mass is 32.1. The number of thiazole rings is 1. The number of aromatic nitrogens is 1. The molecule has 0 aromatic carbocycles. The molecule has 18 heavy (non-hydrogen) atoms. The quantitative estimate of drug-likeness (QED) is 0.794. The second-order valence-electron chi connectivity index (χ2n) is 4.80. The van der Waals surface area contributed by atoms with Gasteiger partial charge in [0.1, 0.15) is 17.6 Å². The van der Waals surface area contributed by atoms with Gasteiger partial charge in [-0.15, -0.1) is 11.3 Å². The Hall–Kier alpha value is -1.43. The number of rotatable bonds is 2. The molecule has 96 valence electrons. The number of amides is 2. The van der Waals surface area contributed by atoms with Crippen molar-refractivity contribution < 1.29 is 9.59 Å². The number of hydrogen-bond donors (Lipinski definition) is 0. The van der Waals surface area contributed by atoms with Crippen molar-refractivity contribution in [2.24, 2.45) is 0 Å². The van der Waals surface area contributed by atoms with Crippen molar-refractivity contribution in [2.45, 2.75) is 32.4 Å². The SMILES string of the molecule is Cc1cnc(CN2CC(=O)N3CCCC3C2=O)s1. The van der Waals surface area contributed by atoms with Crippen molar-refractivity contribution in [1.82, 2.24) is 14.8 Å². The van der Waals surface area contributed by atoms with Gasteiger partial charge in [-0.1, -0.05) is 0 Å². The van der Waals surface area contributed by atoms with E-state index in [0.29, 0.717) is 6.54 Å². The number of hydrogen-bond acceptors (Lipinski definition) is 4. The summed E-state index contributed by atoms with van der Waals surface area (Å²) in [4.78, 5) is 33.0. The predicted octanol–water partition coefficient (Wildman–Crippen LogP) is 0.785. The van der Waals surface area contributed by atoms with E-state index in [0.717, 1.165) is 29.3 Å². The van der Waals surface area contributed by atoms with Crippen LogP contribution in [0.4, 0.5) is 0 Å². The summed E-state index contributed by atoms with van der Waals surface area (Å²) in [6.07, 6.45) is 3.54. The van der Waals surface area contributed by atoms with Gasteiger partial charge in [-0.3, -0.25) is 9.59 Å². The lowest BCUT2D eigenvalue weighted by molar-refractivity contribution is -0.154.